The lowest BCUT2D eigenvalue weighted by molar-refractivity contribution is -0.138. The van der Waals surface area contributed by atoms with E-state index in [1.165, 1.54) is 12.1 Å². The van der Waals surface area contributed by atoms with Crippen LogP contribution in [0.2, 0.25) is 0 Å². The van der Waals surface area contributed by atoms with Crippen LogP contribution in [-0.2, 0) is 11.2 Å². The van der Waals surface area contributed by atoms with E-state index in [1.807, 2.05) is 6.92 Å². The molecule has 1 aromatic carbocycles. The molecule has 5 nitrogen and oxygen atoms in total. The lowest BCUT2D eigenvalue weighted by atomic mass is 9.96. The lowest BCUT2D eigenvalue weighted by Crippen LogP contribution is -2.22. The van der Waals surface area contributed by atoms with Gasteiger partial charge < -0.3 is 21.1 Å². The van der Waals surface area contributed by atoms with Crippen molar-refractivity contribution in [1.29, 1.82) is 0 Å². The summed E-state index contributed by atoms with van der Waals surface area (Å²) in [6.45, 7) is 1.91. The van der Waals surface area contributed by atoms with Gasteiger partial charge in [-0.3, -0.25) is 4.79 Å². The van der Waals surface area contributed by atoms with Gasteiger partial charge in [0, 0.05) is 6.07 Å². The summed E-state index contributed by atoms with van der Waals surface area (Å²) >= 11 is 0. The first-order chi connectivity index (χ1) is 7.47. The van der Waals surface area contributed by atoms with Gasteiger partial charge in [0.15, 0.2) is 0 Å². The number of nitrogens with two attached hydrogens (primary N) is 1. The number of phenolic OH excluding ortho intramolecular Hbond substituents is 2. The molecule has 0 aliphatic heterocycles. The van der Waals surface area contributed by atoms with Crippen molar-refractivity contribution < 1.29 is 20.1 Å². The third-order valence-corrected chi connectivity index (χ3v) is 2.35. The highest BCUT2D eigenvalue weighted by atomic mass is 16.4. The van der Waals surface area contributed by atoms with E-state index in [4.69, 9.17) is 10.8 Å². The van der Waals surface area contributed by atoms with E-state index >= 15 is 0 Å². The number of aromatic hydroxyl groups is 2. The Labute approximate surface area is 93.1 Å². The van der Waals surface area contributed by atoms with Crippen molar-refractivity contribution in [1.82, 2.24) is 0 Å². The molecule has 88 valence electrons. The SMILES string of the molecule is CCCc1c(O)cc(O)cc1C(N)C(=O)O. The summed E-state index contributed by atoms with van der Waals surface area (Å²) in [6.07, 6.45) is 1.26. The van der Waals surface area contributed by atoms with Crippen LogP contribution in [0.15, 0.2) is 12.1 Å². The monoisotopic (exact) mass is 225 g/mol. The van der Waals surface area contributed by atoms with Gasteiger partial charge in [-0.15, -0.1) is 0 Å². The predicted molar refractivity (Wildman–Crippen MR) is 58.3 cm³/mol. The molecule has 0 bridgehead atoms. The minimum Gasteiger partial charge on any atom is -0.508 e. The molecule has 1 atom stereocenters. The van der Waals surface area contributed by atoms with Gasteiger partial charge in [-0.05, 0) is 23.6 Å². The molecular formula is C11H15NO4. The van der Waals surface area contributed by atoms with Crippen molar-refractivity contribution in [3.05, 3.63) is 23.3 Å². The predicted octanol–water partition coefficient (Wildman–Crippen LogP) is 1.13. The molecule has 5 heteroatoms. The molecular weight excluding hydrogens is 210 g/mol. The van der Waals surface area contributed by atoms with Gasteiger partial charge in [-0.25, -0.2) is 0 Å². The fourth-order valence-electron chi connectivity index (χ4n) is 1.60. The topological polar surface area (TPSA) is 104 Å². The first kappa shape index (κ1) is 12.3. The third kappa shape index (κ3) is 2.43. The number of aliphatic carboxylic acids is 1. The van der Waals surface area contributed by atoms with Crippen LogP contribution in [0, 0.1) is 0 Å². The zero-order valence-corrected chi connectivity index (χ0v) is 8.97. The van der Waals surface area contributed by atoms with Crippen molar-refractivity contribution in [2.24, 2.45) is 5.73 Å². The lowest BCUT2D eigenvalue weighted by Gasteiger charge is -2.14. The van der Waals surface area contributed by atoms with Crippen LogP contribution in [-0.4, -0.2) is 21.3 Å². The Balaban J connectivity index is 3.28. The largest absolute Gasteiger partial charge is 0.508 e. The summed E-state index contributed by atoms with van der Waals surface area (Å²) in [5, 5.41) is 27.8. The van der Waals surface area contributed by atoms with Crippen LogP contribution in [0.4, 0.5) is 0 Å². The number of carboxylic acid groups (broad SMARTS) is 1. The first-order valence-electron chi connectivity index (χ1n) is 5.00. The zero-order valence-electron chi connectivity index (χ0n) is 8.97. The molecule has 0 fully saturated rings. The molecule has 0 aliphatic carbocycles. The Morgan fingerprint density at radius 2 is 2.06 bits per heavy atom. The Hall–Kier alpha value is -1.75. The van der Waals surface area contributed by atoms with E-state index in [0.717, 1.165) is 6.42 Å². The summed E-state index contributed by atoms with van der Waals surface area (Å²) in [6, 6.07) is 1.23. The maximum atomic E-state index is 10.8. The molecule has 5 N–H and O–H groups in total. The summed E-state index contributed by atoms with van der Waals surface area (Å²) in [5.74, 6) is -1.50. The third-order valence-electron chi connectivity index (χ3n) is 2.35. The maximum absolute atomic E-state index is 10.8. The van der Waals surface area contributed by atoms with Gasteiger partial charge in [-0.2, -0.15) is 0 Å². The van der Waals surface area contributed by atoms with E-state index in [0.29, 0.717) is 12.0 Å². The number of rotatable bonds is 4. The van der Waals surface area contributed by atoms with E-state index < -0.39 is 12.0 Å². The van der Waals surface area contributed by atoms with E-state index in [-0.39, 0.29) is 17.1 Å². The number of carbonyl (C=O) groups is 1. The molecule has 1 aromatic rings. The van der Waals surface area contributed by atoms with Crippen LogP contribution in [0.5, 0.6) is 11.5 Å². The Kier molecular flexibility index (Phi) is 3.73. The molecule has 0 aliphatic rings. The second-order valence-electron chi connectivity index (χ2n) is 3.60. The van der Waals surface area contributed by atoms with E-state index in [9.17, 15) is 15.0 Å². The van der Waals surface area contributed by atoms with Crippen LogP contribution < -0.4 is 5.73 Å². The van der Waals surface area contributed by atoms with Crippen molar-refractivity contribution in [3.63, 3.8) is 0 Å². The average Bonchev–Trinajstić information content (AvgIpc) is 2.20. The quantitative estimate of drug-likeness (QED) is 0.615. The second-order valence-corrected chi connectivity index (χ2v) is 3.60. The standard InChI is InChI=1S/C11H15NO4/c1-2-3-7-8(10(12)11(15)16)4-6(13)5-9(7)14/h4-5,10,13-14H,2-3,12H2,1H3,(H,15,16). The average molecular weight is 225 g/mol. The van der Waals surface area contributed by atoms with E-state index in [1.54, 1.807) is 0 Å². The van der Waals surface area contributed by atoms with Crippen molar-refractivity contribution in [2.45, 2.75) is 25.8 Å². The van der Waals surface area contributed by atoms with Gasteiger partial charge in [0.2, 0.25) is 0 Å². The van der Waals surface area contributed by atoms with Crippen LogP contribution >= 0.6 is 0 Å². The molecule has 0 heterocycles. The molecule has 0 saturated carbocycles. The van der Waals surface area contributed by atoms with Gasteiger partial charge in [0.05, 0.1) is 0 Å². The molecule has 1 rings (SSSR count). The minimum absolute atomic E-state index is 0.117. The highest BCUT2D eigenvalue weighted by molar-refractivity contribution is 5.76. The molecule has 0 radical (unpaired) electrons. The Morgan fingerprint density at radius 3 is 2.56 bits per heavy atom. The molecule has 0 spiro atoms. The Morgan fingerprint density at radius 1 is 1.44 bits per heavy atom. The molecule has 0 amide bonds. The minimum atomic E-state index is -1.24. The van der Waals surface area contributed by atoms with Gasteiger partial charge in [0.1, 0.15) is 17.5 Å². The zero-order chi connectivity index (χ0) is 12.3. The van der Waals surface area contributed by atoms with Crippen LogP contribution in [0.3, 0.4) is 0 Å². The van der Waals surface area contributed by atoms with Gasteiger partial charge in [0.25, 0.3) is 0 Å². The fraction of sp³-hybridized carbons (Fsp3) is 0.364. The first-order valence-corrected chi connectivity index (χ1v) is 5.00. The number of hydrogen-bond acceptors (Lipinski definition) is 4. The van der Waals surface area contributed by atoms with E-state index in [2.05, 4.69) is 0 Å². The molecule has 16 heavy (non-hydrogen) atoms. The Bertz CT molecular complexity index is 403. The number of benzene rings is 1. The summed E-state index contributed by atoms with van der Waals surface area (Å²) in [4.78, 5) is 10.8. The highest BCUT2D eigenvalue weighted by Crippen LogP contribution is 2.31. The van der Waals surface area contributed by atoms with Crippen molar-refractivity contribution in [2.75, 3.05) is 0 Å². The van der Waals surface area contributed by atoms with Gasteiger partial charge >= 0.3 is 5.97 Å². The highest BCUT2D eigenvalue weighted by Gasteiger charge is 2.20. The molecule has 0 saturated heterocycles. The van der Waals surface area contributed by atoms with Crippen LogP contribution in [0.1, 0.15) is 30.5 Å². The summed E-state index contributed by atoms with van der Waals surface area (Å²) < 4.78 is 0. The van der Waals surface area contributed by atoms with Gasteiger partial charge in [-0.1, -0.05) is 13.3 Å². The fourth-order valence-corrected chi connectivity index (χ4v) is 1.60. The van der Waals surface area contributed by atoms with Crippen LogP contribution in [0.25, 0.3) is 0 Å². The summed E-state index contributed by atoms with van der Waals surface area (Å²) in [7, 11) is 0. The second kappa shape index (κ2) is 4.85. The summed E-state index contributed by atoms with van der Waals surface area (Å²) in [5.41, 5.74) is 6.22. The number of carboxylic acids is 1. The van der Waals surface area contributed by atoms with Crippen molar-refractivity contribution in [3.8, 4) is 11.5 Å². The smallest absolute Gasteiger partial charge is 0.325 e. The number of phenols is 2. The molecule has 1 unspecified atom stereocenters. The number of hydrogen-bond donors (Lipinski definition) is 4. The molecule has 0 aromatic heterocycles. The normalized spacial score (nSPS) is 12.4. The maximum Gasteiger partial charge on any atom is 0.325 e. The van der Waals surface area contributed by atoms with Crippen molar-refractivity contribution >= 4 is 5.97 Å².